The zero-order valence-electron chi connectivity index (χ0n) is 14.4. The highest BCUT2D eigenvalue weighted by atomic mass is 32.2. The Labute approximate surface area is 148 Å². The molecular weight excluding hydrogens is 320 g/mol. The zero-order valence-corrected chi connectivity index (χ0v) is 15.2. The summed E-state index contributed by atoms with van der Waals surface area (Å²) in [5.41, 5.74) is 1.35. The van der Waals surface area contributed by atoms with Crippen molar-refractivity contribution in [1.82, 2.24) is 10.6 Å². The first-order valence-electron chi connectivity index (χ1n) is 8.71. The Hall–Kier alpha value is -1.49. The molecule has 0 aromatic heterocycles. The second-order valence-corrected chi connectivity index (χ2v) is 9.06. The third-order valence-electron chi connectivity index (χ3n) is 5.33. The monoisotopic (exact) mass is 346 g/mol. The summed E-state index contributed by atoms with van der Waals surface area (Å²) in [4.78, 5) is 24.6. The first-order chi connectivity index (χ1) is 11.4. The highest BCUT2D eigenvalue weighted by molar-refractivity contribution is 8.01. The van der Waals surface area contributed by atoms with Crippen LogP contribution < -0.4 is 10.6 Å². The van der Waals surface area contributed by atoms with Gasteiger partial charge in [-0.15, -0.1) is 11.8 Å². The lowest BCUT2D eigenvalue weighted by atomic mass is 9.79. The predicted octanol–water partition coefficient (Wildman–Crippen LogP) is 2.62. The van der Waals surface area contributed by atoms with E-state index >= 15 is 0 Å². The maximum Gasteiger partial charge on any atom is 0.243 e. The van der Waals surface area contributed by atoms with Crippen LogP contribution in [-0.2, 0) is 15.0 Å². The summed E-state index contributed by atoms with van der Waals surface area (Å²) in [6.45, 7) is 4.43. The van der Waals surface area contributed by atoms with Gasteiger partial charge in [0.05, 0.1) is 4.75 Å². The summed E-state index contributed by atoms with van der Waals surface area (Å²) in [5.74, 6) is 0.509. The Morgan fingerprint density at radius 2 is 1.92 bits per heavy atom. The van der Waals surface area contributed by atoms with Crippen LogP contribution >= 0.6 is 11.8 Å². The Bertz CT molecular complexity index is 609. The lowest BCUT2D eigenvalue weighted by molar-refractivity contribution is -0.129. The second kappa shape index (κ2) is 6.79. The van der Waals surface area contributed by atoms with E-state index in [-0.39, 0.29) is 17.2 Å². The van der Waals surface area contributed by atoms with Crippen molar-refractivity contribution >= 4 is 23.6 Å². The molecule has 0 radical (unpaired) electrons. The van der Waals surface area contributed by atoms with E-state index in [4.69, 9.17) is 0 Å². The smallest absolute Gasteiger partial charge is 0.243 e. The molecule has 0 spiro atoms. The van der Waals surface area contributed by atoms with Gasteiger partial charge in [0, 0.05) is 17.7 Å². The molecule has 1 heterocycles. The van der Waals surface area contributed by atoms with Crippen LogP contribution in [-0.4, -0.2) is 34.9 Å². The number of benzene rings is 1. The SMILES string of the molecule is CC1(C)SCC(C(=O)NCC2(c3ccccc3)CCCC2)NC1=O. The van der Waals surface area contributed by atoms with Crippen LogP contribution in [0, 0.1) is 0 Å². The molecule has 2 aliphatic rings. The largest absolute Gasteiger partial charge is 0.353 e. The summed E-state index contributed by atoms with van der Waals surface area (Å²) in [6, 6.07) is 10.1. The van der Waals surface area contributed by atoms with E-state index in [0.717, 1.165) is 12.8 Å². The number of nitrogens with one attached hydrogen (secondary N) is 2. The molecule has 1 saturated carbocycles. The third-order valence-corrected chi connectivity index (χ3v) is 6.73. The molecule has 1 unspecified atom stereocenters. The van der Waals surface area contributed by atoms with Crippen molar-refractivity contribution in [2.24, 2.45) is 0 Å². The molecule has 1 aliphatic carbocycles. The van der Waals surface area contributed by atoms with Gasteiger partial charge in [-0.3, -0.25) is 9.59 Å². The Kier molecular flexibility index (Phi) is 4.90. The van der Waals surface area contributed by atoms with Gasteiger partial charge in [0.1, 0.15) is 6.04 Å². The fraction of sp³-hybridized carbons (Fsp3) is 0.579. The predicted molar refractivity (Wildman–Crippen MR) is 98.1 cm³/mol. The second-order valence-electron chi connectivity index (χ2n) is 7.42. The fourth-order valence-corrected chi connectivity index (χ4v) is 4.67. The third kappa shape index (κ3) is 3.46. The molecule has 4 nitrogen and oxygen atoms in total. The van der Waals surface area contributed by atoms with E-state index in [0.29, 0.717) is 12.3 Å². The molecule has 2 amide bonds. The van der Waals surface area contributed by atoms with Crippen LogP contribution in [0.4, 0.5) is 0 Å². The van der Waals surface area contributed by atoms with Crippen LogP contribution in [0.25, 0.3) is 0 Å². The molecule has 130 valence electrons. The number of thioether (sulfide) groups is 1. The molecule has 24 heavy (non-hydrogen) atoms. The fourth-order valence-electron chi connectivity index (χ4n) is 3.66. The minimum atomic E-state index is -0.451. The number of amides is 2. The van der Waals surface area contributed by atoms with Crippen molar-refractivity contribution in [2.45, 2.75) is 55.7 Å². The quantitative estimate of drug-likeness (QED) is 0.881. The van der Waals surface area contributed by atoms with Crippen molar-refractivity contribution in [3.8, 4) is 0 Å². The number of carbonyl (C=O) groups is 2. The topological polar surface area (TPSA) is 58.2 Å². The van der Waals surface area contributed by atoms with Gasteiger partial charge in [0.25, 0.3) is 0 Å². The van der Waals surface area contributed by atoms with Gasteiger partial charge in [-0.05, 0) is 32.3 Å². The van der Waals surface area contributed by atoms with E-state index in [2.05, 4.69) is 34.9 Å². The van der Waals surface area contributed by atoms with Crippen molar-refractivity contribution in [3.05, 3.63) is 35.9 Å². The van der Waals surface area contributed by atoms with Crippen molar-refractivity contribution in [1.29, 1.82) is 0 Å². The van der Waals surface area contributed by atoms with E-state index < -0.39 is 10.8 Å². The van der Waals surface area contributed by atoms with Gasteiger partial charge in [-0.25, -0.2) is 0 Å². The van der Waals surface area contributed by atoms with Crippen LogP contribution in [0.15, 0.2) is 30.3 Å². The summed E-state index contributed by atoms with van der Waals surface area (Å²) in [5, 5.41) is 5.98. The van der Waals surface area contributed by atoms with Crippen LogP contribution in [0.5, 0.6) is 0 Å². The van der Waals surface area contributed by atoms with E-state index in [9.17, 15) is 9.59 Å². The summed E-state index contributed by atoms with van der Waals surface area (Å²) >= 11 is 1.55. The van der Waals surface area contributed by atoms with Gasteiger partial charge in [0.15, 0.2) is 0 Å². The molecule has 3 rings (SSSR count). The first-order valence-corrected chi connectivity index (χ1v) is 9.70. The first kappa shape index (κ1) is 17.3. The van der Waals surface area contributed by atoms with E-state index in [1.165, 1.54) is 18.4 Å². The molecule has 1 atom stereocenters. The lowest BCUT2D eigenvalue weighted by Gasteiger charge is -2.34. The zero-order chi connectivity index (χ0) is 17.2. The maximum absolute atomic E-state index is 12.5. The molecule has 1 aromatic rings. The minimum absolute atomic E-state index is 0.0437. The minimum Gasteiger partial charge on any atom is -0.353 e. The lowest BCUT2D eigenvalue weighted by Crippen LogP contribution is -2.58. The average molecular weight is 346 g/mol. The molecule has 5 heteroatoms. The summed E-state index contributed by atoms with van der Waals surface area (Å²) < 4.78 is -0.451. The Morgan fingerprint density at radius 1 is 1.25 bits per heavy atom. The molecule has 1 aliphatic heterocycles. The molecule has 1 aromatic carbocycles. The van der Waals surface area contributed by atoms with Crippen LogP contribution in [0.3, 0.4) is 0 Å². The van der Waals surface area contributed by atoms with E-state index in [1.54, 1.807) is 11.8 Å². The Balaban J connectivity index is 1.64. The van der Waals surface area contributed by atoms with Gasteiger partial charge in [-0.1, -0.05) is 43.2 Å². The summed E-state index contributed by atoms with van der Waals surface area (Å²) in [6.07, 6.45) is 4.62. The standard InChI is InChI=1S/C19H26N2O2S/c1-18(2)17(23)21-15(12-24-18)16(22)20-13-19(10-6-7-11-19)14-8-4-3-5-9-14/h3-5,8-9,15H,6-7,10-13H2,1-2H3,(H,20,22)(H,21,23). The number of hydrogen-bond acceptors (Lipinski definition) is 3. The van der Waals surface area contributed by atoms with Gasteiger partial charge >= 0.3 is 0 Å². The van der Waals surface area contributed by atoms with Crippen molar-refractivity contribution in [2.75, 3.05) is 12.3 Å². The number of rotatable bonds is 4. The number of hydrogen-bond donors (Lipinski definition) is 2. The maximum atomic E-state index is 12.5. The molecule has 2 fully saturated rings. The van der Waals surface area contributed by atoms with Crippen molar-refractivity contribution in [3.63, 3.8) is 0 Å². The van der Waals surface area contributed by atoms with E-state index in [1.807, 2.05) is 19.9 Å². The molecule has 2 N–H and O–H groups in total. The Morgan fingerprint density at radius 3 is 2.54 bits per heavy atom. The normalized spacial score (nSPS) is 25.1. The summed E-state index contributed by atoms with van der Waals surface area (Å²) in [7, 11) is 0. The molecule has 0 bridgehead atoms. The van der Waals surface area contributed by atoms with Gasteiger partial charge < -0.3 is 10.6 Å². The van der Waals surface area contributed by atoms with Crippen LogP contribution in [0.1, 0.15) is 45.1 Å². The molecular formula is C19H26N2O2S. The number of carbonyl (C=O) groups excluding carboxylic acids is 2. The highest BCUT2D eigenvalue weighted by Gasteiger charge is 2.40. The van der Waals surface area contributed by atoms with Crippen LogP contribution in [0.2, 0.25) is 0 Å². The highest BCUT2D eigenvalue weighted by Crippen LogP contribution is 2.40. The van der Waals surface area contributed by atoms with Crippen molar-refractivity contribution < 1.29 is 9.59 Å². The molecule has 1 saturated heterocycles. The van der Waals surface area contributed by atoms with Gasteiger partial charge in [0.2, 0.25) is 11.8 Å². The average Bonchev–Trinajstić information content (AvgIpc) is 3.06. The van der Waals surface area contributed by atoms with Gasteiger partial charge in [-0.2, -0.15) is 0 Å².